The minimum absolute atomic E-state index is 0.0740. The maximum absolute atomic E-state index is 12.4. The van der Waals surface area contributed by atoms with Gasteiger partial charge in [-0.25, -0.2) is 4.79 Å². The van der Waals surface area contributed by atoms with Crippen LogP contribution in [0.1, 0.15) is 18.0 Å². The summed E-state index contributed by atoms with van der Waals surface area (Å²) in [5.41, 5.74) is 2.05. The van der Waals surface area contributed by atoms with Crippen LogP contribution < -0.4 is 15.8 Å². The van der Waals surface area contributed by atoms with E-state index in [1.165, 1.54) is 4.57 Å². The van der Waals surface area contributed by atoms with E-state index >= 15 is 0 Å². The average molecular weight is 324 g/mol. The number of hydrogen-bond donors (Lipinski definition) is 1. The van der Waals surface area contributed by atoms with Gasteiger partial charge in [0.15, 0.2) is 5.58 Å². The van der Waals surface area contributed by atoms with Crippen LogP contribution in [-0.2, 0) is 11.3 Å². The molecule has 1 unspecified atom stereocenters. The van der Waals surface area contributed by atoms with Crippen molar-refractivity contribution in [1.29, 1.82) is 0 Å². The van der Waals surface area contributed by atoms with Gasteiger partial charge in [-0.3, -0.25) is 9.36 Å². The van der Waals surface area contributed by atoms with Gasteiger partial charge in [-0.1, -0.05) is 30.3 Å². The number of carbonyl (C=O) groups excluding carboxylic acids is 1. The summed E-state index contributed by atoms with van der Waals surface area (Å²) in [4.78, 5) is 24.4. The van der Waals surface area contributed by atoms with E-state index in [2.05, 4.69) is 5.32 Å². The molecule has 0 spiro atoms. The van der Waals surface area contributed by atoms with Crippen LogP contribution in [-0.4, -0.2) is 17.1 Å². The Hall–Kier alpha value is -3.02. The van der Waals surface area contributed by atoms with Gasteiger partial charge in [-0.05, 0) is 18.2 Å². The van der Waals surface area contributed by atoms with Crippen molar-refractivity contribution >= 4 is 17.0 Å². The Balaban J connectivity index is 1.55. The second-order valence-corrected chi connectivity index (χ2v) is 5.72. The average Bonchev–Trinajstić information content (AvgIpc) is 2.91. The van der Waals surface area contributed by atoms with E-state index < -0.39 is 5.76 Å². The zero-order valence-electron chi connectivity index (χ0n) is 12.9. The van der Waals surface area contributed by atoms with Crippen molar-refractivity contribution in [2.45, 2.75) is 19.0 Å². The molecule has 0 fully saturated rings. The quantitative estimate of drug-likeness (QED) is 0.802. The van der Waals surface area contributed by atoms with Gasteiger partial charge in [0.1, 0.15) is 12.3 Å². The summed E-state index contributed by atoms with van der Waals surface area (Å²) in [5, 5.41) is 2.98. The molecule has 6 nitrogen and oxygen atoms in total. The Labute approximate surface area is 137 Å². The predicted molar refractivity (Wildman–Crippen MR) is 87.9 cm³/mol. The topological polar surface area (TPSA) is 73.5 Å². The standard InChI is InChI=1S/C18H16N2O4/c21-17(11-20-14-6-2-4-8-16(14)24-18(20)22)19-13-9-10-23-15-7-3-1-5-12(13)15/h1-8,13H,9-11H2,(H,19,21). The van der Waals surface area contributed by atoms with Gasteiger partial charge in [0, 0.05) is 12.0 Å². The molecule has 24 heavy (non-hydrogen) atoms. The van der Waals surface area contributed by atoms with E-state index in [-0.39, 0.29) is 18.5 Å². The normalized spacial score (nSPS) is 16.4. The zero-order valence-corrected chi connectivity index (χ0v) is 12.9. The molecule has 3 aromatic rings. The first kappa shape index (κ1) is 14.6. The maximum atomic E-state index is 12.4. The summed E-state index contributed by atoms with van der Waals surface area (Å²) in [6, 6.07) is 14.6. The number of hydrogen-bond acceptors (Lipinski definition) is 4. The van der Waals surface area contributed by atoms with Crippen LogP contribution in [0, 0.1) is 0 Å². The van der Waals surface area contributed by atoms with Crippen LogP contribution in [0.25, 0.3) is 11.1 Å². The van der Waals surface area contributed by atoms with Crippen LogP contribution >= 0.6 is 0 Å². The lowest BCUT2D eigenvalue weighted by atomic mass is 10.0. The molecule has 0 saturated heterocycles. The number of oxazole rings is 1. The van der Waals surface area contributed by atoms with Gasteiger partial charge in [0.25, 0.3) is 0 Å². The van der Waals surface area contributed by atoms with Crippen LogP contribution in [0.2, 0.25) is 0 Å². The molecule has 0 radical (unpaired) electrons. The molecular weight excluding hydrogens is 308 g/mol. The largest absolute Gasteiger partial charge is 0.493 e. The smallest absolute Gasteiger partial charge is 0.420 e. The van der Waals surface area contributed by atoms with Crippen molar-refractivity contribution in [1.82, 2.24) is 9.88 Å². The van der Waals surface area contributed by atoms with Crippen molar-refractivity contribution in [2.75, 3.05) is 6.61 Å². The highest BCUT2D eigenvalue weighted by atomic mass is 16.5. The molecule has 1 amide bonds. The molecule has 1 atom stereocenters. The number of benzene rings is 2. The second-order valence-electron chi connectivity index (χ2n) is 5.72. The van der Waals surface area contributed by atoms with Gasteiger partial charge in [-0.2, -0.15) is 0 Å². The third-order valence-corrected chi connectivity index (χ3v) is 4.17. The molecule has 2 aromatic carbocycles. The molecule has 6 heteroatoms. The van der Waals surface area contributed by atoms with Crippen molar-refractivity contribution in [3.05, 3.63) is 64.6 Å². The Kier molecular flexibility index (Phi) is 3.57. The van der Waals surface area contributed by atoms with E-state index in [1.54, 1.807) is 24.3 Å². The molecule has 4 rings (SSSR count). The molecule has 122 valence electrons. The maximum Gasteiger partial charge on any atom is 0.420 e. The van der Waals surface area contributed by atoms with Crippen LogP contribution in [0.4, 0.5) is 0 Å². The fourth-order valence-corrected chi connectivity index (χ4v) is 3.04. The van der Waals surface area contributed by atoms with Gasteiger partial charge in [0.05, 0.1) is 18.2 Å². The molecule has 1 aromatic heterocycles. The number of ether oxygens (including phenoxy) is 1. The van der Waals surface area contributed by atoms with Gasteiger partial charge in [0.2, 0.25) is 5.91 Å². The lowest BCUT2D eigenvalue weighted by Crippen LogP contribution is -2.35. The van der Waals surface area contributed by atoms with Crippen molar-refractivity contribution in [3.63, 3.8) is 0 Å². The fraction of sp³-hybridized carbons (Fsp3) is 0.222. The first-order chi connectivity index (χ1) is 11.7. The molecule has 1 aliphatic rings. The summed E-state index contributed by atoms with van der Waals surface area (Å²) >= 11 is 0. The SMILES string of the molecule is O=C(Cn1c(=O)oc2ccccc21)NC1CCOc2ccccc21. The summed E-state index contributed by atoms with van der Waals surface area (Å²) in [5.74, 6) is 0.0315. The van der Waals surface area contributed by atoms with Crippen LogP contribution in [0.5, 0.6) is 5.75 Å². The number of nitrogens with zero attached hydrogens (tertiary/aromatic N) is 1. The summed E-state index contributed by atoms with van der Waals surface area (Å²) < 4.78 is 12.1. The number of nitrogens with one attached hydrogen (secondary N) is 1. The Morgan fingerprint density at radius 3 is 2.88 bits per heavy atom. The number of fused-ring (bicyclic) bond motifs is 2. The highest BCUT2D eigenvalue weighted by molar-refractivity contribution is 5.80. The second kappa shape index (κ2) is 5.88. The highest BCUT2D eigenvalue weighted by Gasteiger charge is 2.23. The van der Waals surface area contributed by atoms with E-state index in [1.807, 2.05) is 24.3 Å². The summed E-state index contributed by atoms with van der Waals surface area (Å²) in [6.45, 7) is 0.478. The van der Waals surface area contributed by atoms with Crippen LogP contribution in [0.3, 0.4) is 0 Å². The number of para-hydroxylation sites is 3. The predicted octanol–water partition coefficient (Wildman–Crippen LogP) is 2.23. The lowest BCUT2D eigenvalue weighted by Gasteiger charge is -2.26. The van der Waals surface area contributed by atoms with Gasteiger partial charge in [-0.15, -0.1) is 0 Å². The van der Waals surface area contributed by atoms with E-state index in [4.69, 9.17) is 9.15 Å². The molecule has 0 aliphatic carbocycles. The molecule has 1 aliphatic heterocycles. The summed E-state index contributed by atoms with van der Waals surface area (Å²) in [6.07, 6.45) is 0.698. The molecule has 0 bridgehead atoms. The van der Waals surface area contributed by atoms with Gasteiger partial charge < -0.3 is 14.5 Å². The van der Waals surface area contributed by atoms with Crippen LogP contribution in [0.15, 0.2) is 57.7 Å². The Morgan fingerprint density at radius 2 is 1.96 bits per heavy atom. The molecule has 2 heterocycles. The van der Waals surface area contributed by atoms with E-state index in [9.17, 15) is 9.59 Å². The third-order valence-electron chi connectivity index (χ3n) is 4.17. The highest BCUT2D eigenvalue weighted by Crippen LogP contribution is 2.31. The molecule has 1 N–H and O–H groups in total. The first-order valence-corrected chi connectivity index (χ1v) is 7.82. The number of carbonyl (C=O) groups is 1. The van der Waals surface area contributed by atoms with Gasteiger partial charge >= 0.3 is 5.76 Å². The number of amides is 1. The monoisotopic (exact) mass is 324 g/mol. The van der Waals surface area contributed by atoms with Crippen molar-refractivity contribution < 1.29 is 13.9 Å². The minimum atomic E-state index is -0.529. The summed E-state index contributed by atoms with van der Waals surface area (Å²) in [7, 11) is 0. The Bertz CT molecular complexity index is 957. The molecular formula is C18H16N2O4. The first-order valence-electron chi connectivity index (χ1n) is 7.82. The van der Waals surface area contributed by atoms with Crippen molar-refractivity contribution in [2.24, 2.45) is 0 Å². The fourth-order valence-electron chi connectivity index (χ4n) is 3.04. The van der Waals surface area contributed by atoms with E-state index in [0.717, 1.165) is 11.3 Å². The lowest BCUT2D eigenvalue weighted by molar-refractivity contribution is -0.122. The number of rotatable bonds is 3. The zero-order chi connectivity index (χ0) is 16.5. The van der Waals surface area contributed by atoms with E-state index in [0.29, 0.717) is 24.1 Å². The Morgan fingerprint density at radius 1 is 1.17 bits per heavy atom. The molecule has 0 saturated carbocycles. The third kappa shape index (κ3) is 2.56. The number of aromatic nitrogens is 1. The minimum Gasteiger partial charge on any atom is -0.493 e. The van der Waals surface area contributed by atoms with Crippen molar-refractivity contribution in [3.8, 4) is 5.75 Å².